The van der Waals surface area contributed by atoms with Crippen molar-refractivity contribution in [1.82, 2.24) is 4.90 Å². The molecule has 78 valence electrons. The molecule has 2 amide bonds. The number of likely N-dealkylation sites (N-methyl/N-ethyl adjacent to an activating group) is 1. The monoisotopic (exact) mass is 188 g/mol. The van der Waals surface area contributed by atoms with Crippen molar-refractivity contribution in [3.63, 3.8) is 0 Å². The number of unbranched alkanes of at least 4 members (excludes halogenated alkanes) is 2. The van der Waals surface area contributed by atoms with Gasteiger partial charge in [0, 0.05) is 13.6 Å². The summed E-state index contributed by atoms with van der Waals surface area (Å²) in [5.74, 6) is 0. The minimum Gasteiger partial charge on any atom is -0.391 e. The molecule has 0 saturated heterocycles. The number of rotatable bonds is 6. The minimum absolute atomic E-state index is 0.332. The second kappa shape index (κ2) is 6.71. The largest absolute Gasteiger partial charge is 0.391 e. The normalized spacial score (nSPS) is 12.5. The number of nitrogens with two attached hydrogens (primary N) is 1. The molecule has 1 unspecified atom stereocenters. The lowest BCUT2D eigenvalue weighted by molar-refractivity contribution is 0.123. The van der Waals surface area contributed by atoms with Crippen molar-refractivity contribution in [3.8, 4) is 0 Å². The predicted molar refractivity (Wildman–Crippen MR) is 52.4 cm³/mol. The van der Waals surface area contributed by atoms with Gasteiger partial charge in [-0.1, -0.05) is 26.2 Å². The van der Waals surface area contributed by atoms with Gasteiger partial charge >= 0.3 is 6.03 Å². The van der Waals surface area contributed by atoms with Crippen LogP contribution < -0.4 is 5.73 Å². The van der Waals surface area contributed by atoms with Crippen LogP contribution in [0.4, 0.5) is 4.79 Å². The third kappa shape index (κ3) is 6.40. The van der Waals surface area contributed by atoms with Crippen molar-refractivity contribution in [2.75, 3.05) is 13.6 Å². The van der Waals surface area contributed by atoms with Crippen molar-refractivity contribution < 1.29 is 9.90 Å². The quantitative estimate of drug-likeness (QED) is 0.609. The van der Waals surface area contributed by atoms with Crippen LogP contribution in [0, 0.1) is 0 Å². The smallest absolute Gasteiger partial charge is 0.314 e. The number of primary amides is 1. The maximum atomic E-state index is 10.6. The van der Waals surface area contributed by atoms with Crippen LogP contribution in [0.1, 0.15) is 32.6 Å². The van der Waals surface area contributed by atoms with Gasteiger partial charge in [0.25, 0.3) is 0 Å². The Morgan fingerprint density at radius 1 is 1.54 bits per heavy atom. The molecule has 0 aliphatic rings. The van der Waals surface area contributed by atoms with E-state index in [2.05, 4.69) is 6.92 Å². The molecule has 3 N–H and O–H groups in total. The van der Waals surface area contributed by atoms with Gasteiger partial charge < -0.3 is 15.7 Å². The summed E-state index contributed by atoms with van der Waals surface area (Å²) in [6.07, 6.45) is 3.56. The third-order valence-electron chi connectivity index (χ3n) is 2.00. The van der Waals surface area contributed by atoms with E-state index >= 15 is 0 Å². The number of carbonyl (C=O) groups excluding carboxylic acids is 1. The van der Waals surface area contributed by atoms with Gasteiger partial charge in [0.1, 0.15) is 0 Å². The highest BCUT2D eigenvalue weighted by Crippen LogP contribution is 2.04. The number of urea groups is 1. The molecule has 0 aliphatic carbocycles. The van der Waals surface area contributed by atoms with E-state index in [1.165, 1.54) is 4.90 Å². The number of amides is 2. The molecule has 0 spiro atoms. The molecule has 0 rings (SSSR count). The Kier molecular flexibility index (Phi) is 6.32. The first kappa shape index (κ1) is 12.2. The molecule has 0 heterocycles. The van der Waals surface area contributed by atoms with E-state index in [1.54, 1.807) is 7.05 Å². The summed E-state index contributed by atoms with van der Waals surface area (Å²) in [4.78, 5) is 11.9. The Labute approximate surface area is 79.7 Å². The number of aliphatic hydroxyl groups is 1. The lowest BCUT2D eigenvalue weighted by Crippen LogP contribution is -2.37. The Bertz CT molecular complexity index is 151. The fourth-order valence-corrected chi connectivity index (χ4v) is 1.13. The van der Waals surface area contributed by atoms with Crippen LogP contribution in [-0.2, 0) is 0 Å². The zero-order valence-corrected chi connectivity index (χ0v) is 8.49. The van der Waals surface area contributed by atoms with Crippen LogP contribution in [0.25, 0.3) is 0 Å². The van der Waals surface area contributed by atoms with Gasteiger partial charge in [-0.25, -0.2) is 4.79 Å². The maximum absolute atomic E-state index is 10.6. The molecule has 0 aliphatic heterocycles. The Balaban J connectivity index is 3.49. The van der Waals surface area contributed by atoms with Crippen molar-refractivity contribution in [1.29, 1.82) is 0 Å². The van der Waals surface area contributed by atoms with Crippen molar-refractivity contribution in [2.24, 2.45) is 5.73 Å². The number of carbonyl (C=O) groups is 1. The molecule has 4 nitrogen and oxygen atoms in total. The highest BCUT2D eigenvalue weighted by Gasteiger charge is 2.09. The van der Waals surface area contributed by atoms with Crippen LogP contribution in [-0.4, -0.2) is 35.7 Å². The molecular weight excluding hydrogens is 168 g/mol. The van der Waals surface area contributed by atoms with E-state index < -0.39 is 12.1 Å². The highest BCUT2D eigenvalue weighted by atomic mass is 16.3. The summed E-state index contributed by atoms with van der Waals surface area (Å²) >= 11 is 0. The lowest BCUT2D eigenvalue weighted by Gasteiger charge is -2.18. The van der Waals surface area contributed by atoms with Crippen molar-refractivity contribution in [2.45, 2.75) is 38.7 Å². The number of hydrogen-bond donors (Lipinski definition) is 2. The second-order valence-corrected chi connectivity index (χ2v) is 3.37. The van der Waals surface area contributed by atoms with Gasteiger partial charge in [-0.2, -0.15) is 0 Å². The lowest BCUT2D eigenvalue weighted by atomic mass is 10.1. The molecule has 1 atom stereocenters. The summed E-state index contributed by atoms with van der Waals surface area (Å²) in [5.41, 5.74) is 5.01. The molecule has 0 saturated carbocycles. The van der Waals surface area contributed by atoms with E-state index in [9.17, 15) is 9.90 Å². The first-order valence-electron chi connectivity index (χ1n) is 4.76. The van der Waals surface area contributed by atoms with Crippen LogP contribution in [0.2, 0.25) is 0 Å². The molecule has 0 fully saturated rings. The van der Waals surface area contributed by atoms with E-state index in [4.69, 9.17) is 5.73 Å². The van der Waals surface area contributed by atoms with E-state index in [0.717, 1.165) is 25.7 Å². The Hall–Kier alpha value is -0.770. The third-order valence-corrected chi connectivity index (χ3v) is 2.00. The van der Waals surface area contributed by atoms with Crippen LogP contribution in [0.15, 0.2) is 0 Å². The van der Waals surface area contributed by atoms with Crippen molar-refractivity contribution in [3.05, 3.63) is 0 Å². The molecule has 0 aromatic heterocycles. The summed E-state index contributed by atoms with van der Waals surface area (Å²) in [6.45, 7) is 2.45. The Morgan fingerprint density at radius 2 is 2.15 bits per heavy atom. The highest BCUT2D eigenvalue weighted by molar-refractivity contribution is 5.71. The SMILES string of the molecule is CCCCCC(O)CN(C)C(N)=O. The summed E-state index contributed by atoms with van der Waals surface area (Å²) in [7, 11) is 1.59. The van der Waals surface area contributed by atoms with E-state index in [1.807, 2.05) is 0 Å². The minimum atomic E-state index is -0.491. The summed E-state index contributed by atoms with van der Waals surface area (Å²) in [6, 6.07) is -0.491. The van der Waals surface area contributed by atoms with Gasteiger partial charge in [0.2, 0.25) is 0 Å². The van der Waals surface area contributed by atoms with Gasteiger partial charge in [-0.05, 0) is 6.42 Å². The number of aliphatic hydroxyl groups excluding tert-OH is 1. The molecule has 13 heavy (non-hydrogen) atoms. The van der Waals surface area contributed by atoms with Crippen LogP contribution in [0.5, 0.6) is 0 Å². The fourth-order valence-electron chi connectivity index (χ4n) is 1.13. The van der Waals surface area contributed by atoms with Crippen molar-refractivity contribution >= 4 is 6.03 Å². The number of nitrogens with zero attached hydrogens (tertiary/aromatic N) is 1. The molecular formula is C9H20N2O2. The summed E-state index contributed by atoms with van der Waals surface area (Å²) < 4.78 is 0. The molecule has 4 heteroatoms. The van der Waals surface area contributed by atoms with E-state index in [0.29, 0.717) is 6.54 Å². The summed E-state index contributed by atoms with van der Waals surface area (Å²) in [5, 5.41) is 9.45. The van der Waals surface area contributed by atoms with Gasteiger partial charge in [0.15, 0.2) is 0 Å². The van der Waals surface area contributed by atoms with Crippen LogP contribution in [0.3, 0.4) is 0 Å². The topological polar surface area (TPSA) is 66.6 Å². The Morgan fingerprint density at radius 3 is 2.62 bits per heavy atom. The van der Waals surface area contributed by atoms with Gasteiger partial charge in [-0.3, -0.25) is 0 Å². The first-order chi connectivity index (χ1) is 6.07. The molecule has 0 aromatic rings. The van der Waals surface area contributed by atoms with Gasteiger partial charge in [-0.15, -0.1) is 0 Å². The van der Waals surface area contributed by atoms with Gasteiger partial charge in [0.05, 0.1) is 6.10 Å². The average Bonchev–Trinajstić information content (AvgIpc) is 2.04. The number of hydrogen-bond acceptors (Lipinski definition) is 2. The standard InChI is InChI=1S/C9H20N2O2/c1-3-4-5-6-8(12)7-11(2)9(10)13/h8,12H,3-7H2,1-2H3,(H2,10,13). The zero-order valence-electron chi connectivity index (χ0n) is 8.49. The molecule has 0 aromatic carbocycles. The predicted octanol–water partition coefficient (Wildman–Crippen LogP) is 0.938. The fraction of sp³-hybridized carbons (Fsp3) is 0.889. The maximum Gasteiger partial charge on any atom is 0.314 e. The molecule has 0 radical (unpaired) electrons. The zero-order chi connectivity index (χ0) is 10.3. The molecule has 0 bridgehead atoms. The van der Waals surface area contributed by atoms with Crippen LogP contribution >= 0.6 is 0 Å². The first-order valence-corrected chi connectivity index (χ1v) is 4.76. The average molecular weight is 188 g/mol. The second-order valence-electron chi connectivity index (χ2n) is 3.37. The van der Waals surface area contributed by atoms with E-state index in [-0.39, 0.29) is 0 Å².